The molecular formula is C17H20N2O3. The molecule has 2 aromatic rings. The quantitative estimate of drug-likeness (QED) is 0.920. The van der Waals surface area contributed by atoms with Crippen molar-refractivity contribution in [2.75, 3.05) is 26.1 Å². The van der Waals surface area contributed by atoms with Gasteiger partial charge in [-0.25, -0.2) is 0 Å². The smallest absolute Gasteiger partial charge is 0.161 e. The Labute approximate surface area is 130 Å². The van der Waals surface area contributed by atoms with Crippen molar-refractivity contribution in [3.63, 3.8) is 0 Å². The number of nitrogens with zero attached hydrogens (tertiary/aromatic N) is 1. The molecule has 22 heavy (non-hydrogen) atoms. The van der Waals surface area contributed by atoms with Gasteiger partial charge in [0.2, 0.25) is 0 Å². The number of nitrogens with one attached hydrogen (secondary N) is 1. The molecule has 1 aromatic carbocycles. The van der Waals surface area contributed by atoms with E-state index in [-0.39, 0.29) is 0 Å². The van der Waals surface area contributed by atoms with E-state index in [9.17, 15) is 0 Å². The molecule has 0 saturated carbocycles. The third kappa shape index (κ3) is 3.14. The van der Waals surface area contributed by atoms with E-state index < -0.39 is 0 Å². The summed E-state index contributed by atoms with van der Waals surface area (Å²) >= 11 is 0. The predicted octanol–water partition coefficient (Wildman–Crippen LogP) is 2.78. The third-order valence-corrected chi connectivity index (χ3v) is 3.75. The number of aromatic nitrogens is 1. The minimum atomic E-state index is 0.647. The van der Waals surface area contributed by atoms with Gasteiger partial charge in [0.15, 0.2) is 11.5 Å². The van der Waals surface area contributed by atoms with E-state index in [0.29, 0.717) is 13.2 Å². The Morgan fingerprint density at radius 1 is 1.18 bits per heavy atom. The van der Waals surface area contributed by atoms with Gasteiger partial charge in [-0.3, -0.25) is 4.98 Å². The van der Waals surface area contributed by atoms with Gasteiger partial charge in [-0.2, -0.15) is 0 Å². The van der Waals surface area contributed by atoms with Crippen LogP contribution in [-0.2, 0) is 24.3 Å². The van der Waals surface area contributed by atoms with Crippen LogP contribution in [0.15, 0.2) is 30.5 Å². The number of fused-ring (bicyclic) bond motifs is 1. The Hall–Kier alpha value is -2.27. The summed E-state index contributed by atoms with van der Waals surface area (Å²) in [5.74, 6) is 1.47. The van der Waals surface area contributed by atoms with E-state index in [0.717, 1.165) is 41.5 Å². The summed E-state index contributed by atoms with van der Waals surface area (Å²) in [6, 6.07) is 8.02. The maximum Gasteiger partial charge on any atom is 0.161 e. The normalized spacial score (nSPS) is 13.4. The van der Waals surface area contributed by atoms with Crippen LogP contribution in [0.3, 0.4) is 0 Å². The van der Waals surface area contributed by atoms with Crippen molar-refractivity contribution < 1.29 is 14.2 Å². The lowest BCUT2D eigenvalue weighted by Crippen LogP contribution is -2.12. The van der Waals surface area contributed by atoms with Crippen molar-refractivity contribution in [3.8, 4) is 11.5 Å². The number of ether oxygens (including phenoxy) is 3. The second kappa shape index (κ2) is 6.66. The average Bonchev–Trinajstić information content (AvgIpc) is 2.59. The summed E-state index contributed by atoms with van der Waals surface area (Å²) in [6.07, 6.45) is 2.77. The van der Waals surface area contributed by atoms with Crippen LogP contribution in [0.1, 0.15) is 16.8 Å². The molecule has 0 amide bonds. The first kappa shape index (κ1) is 14.7. The molecule has 116 valence electrons. The van der Waals surface area contributed by atoms with Crippen LogP contribution in [0.2, 0.25) is 0 Å². The number of rotatable bonds is 5. The fourth-order valence-corrected chi connectivity index (χ4v) is 2.53. The Bertz CT molecular complexity index is 619. The number of benzene rings is 1. The molecule has 5 nitrogen and oxygen atoms in total. The van der Waals surface area contributed by atoms with E-state index in [4.69, 9.17) is 14.2 Å². The summed E-state index contributed by atoms with van der Waals surface area (Å²) in [5.41, 5.74) is 4.43. The maximum atomic E-state index is 5.47. The molecule has 0 saturated heterocycles. The number of pyridine rings is 1. The van der Waals surface area contributed by atoms with Crippen LogP contribution in [0.25, 0.3) is 0 Å². The zero-order valence-electron chi connectivity index (χ0n) is 12.9. The topological polar surface area (TPSA) is 52.6 Å². The molecule has 0 bridgehead atoms. The third-order valence-electron chi connectivity index (χ3n) is 3.75. The van der Waals surface area contributed by atoms with Crippen LogP contribution in [0.4, 0.5) is 5.69 Å². The van der Waals surface area contributed by atoms with Crippen LogP contribution in [0.5, 0.6) is 11.5 Å². The highest BCUT2D eigenvalue weighted by atomic mass is 16.5. The lowest BCUT2D eigenvalue weighted by atomic mass is 10.1. The molecule has 0 atom stereocenters. The van der Waals surface area contributed by atoms with Crippen molar-refractivity contribution in [1.29, 1.82) is 0 Å². The maximum absolute atomic E-state index is 5.47. The number of methoxy groups -OCH3 is 2. The SMILES string of the molecule is COc1ccc(CNc2cnc3c(c2)COCC3)cc1OC. The van der Waals surface area contributed by atoms with Crippen LogP contribution in [-0.4, -0.2) is 25.8 Å². The molecular weight excluding hydrogens is 280 g/mol. The minimum Gasteiger partial charge on any atom is -0.493 e. The van der Waals surface area contributed by atoms with Gasteiger partial charge >= 0.3 is 0 Å². The lowest BCUT2D eigenvalue weighted by molar-refractivity contribution is 0.109. The average molecular weight is 300 g/mol. The van der Waals surface area contributed by atoms with Gasteiger partial charge in [-0.15, -0.1) is 0 Å². The fraction of sp³-hybridized carbons (Fsp3) is 0.353. The van der Waals surface area contributed by atoms with E-state index in [1.165, 1.54) is 5.56 Å². The summed E-state index contributed by atoms with van der Waals surface area (Å²) in [4.78, 5) is 4.51. The Balaban J connectivity index is 1.69. The first-order valence-electron chi connectivity index (χ1n) is 7.30. The van der Waals surface area contributed by atoms with Crippen LogP contribution < -0.4 is 14.8 Å². The second-order valence-corrected chi connectivity index (χ2v) is 5.18. The van der Waals surface area contributed by atoms with Crippen LogP contribution >= 0.6 is 0 Å². The first-order chi connectivity index (χ1) is 10.8. The molecule has 1 aliphatic heterocycles. The highest BCUT2D eigenvalue weighted by Gasteiger charge is 2.11. The zero-order valence-corrected chi connectivity index (χ0v) is 12.9. The van der Waals surface area contributed by atoms with Crippen molar-refractivity contribution >= 4 is 5.69 Å². The molecule has 1 N–H and O–H groups in total. The highest BCUT2D eigenvalue weighted by Crippen LogP contribution is 2.28. The predicted molar refractivity (Wildman–Crippen MR) is 84.5 cm³/mol. The minimum absolute atomic E-state index is 0.647. The van der Waals surface area contributed by atoms with Crippen LogP contribution in [0, 0.1) is 0 Å². The highest BCUT2D eigenvalue weighted by molar-refractivity contribution is 5.48. The van der Waals surface area contributed by atoms with E-state index >= 15 is 0 Å². The van der Waals surface area contributed by atoms with Gasteiger partial charge in [0.1, 0.15) is 0 Å². The molecule has 0 aliphatic carbocycles. The summed E-state index contributed by atoms with van der Waals surface area (Å²) < 4.78 is 16.0. The molecule has 1 aromatic heterocycles. The lowest BCUT2D eigenvalue weighted by Gasteiger charge is -2.17. The van der Waals surface area contributed by atoms with Crippen molar-refractivity contribution in [1.82, 2.24) is 4.98 Å². The van der Waals surface area contributed by atoms with Gasteiger partial charge in [-0.05, 0) is 23.8 Å². The summed E-state index contributed by atoms with van der Waals surface area (Å²) in [7, 11) is 3.28. The van der Waals surface area contributed by atoms with Gasteiger partial charge in [0, 0.05) is 24.2 Å². The van der Waals surface area contributed by atoms with Crippen molar-refractivity contribution in [3.05, 3.63) is 47.3 Å². The zero-order chi connectivity index (χ0) is 15.4. The molecule has 0 spiro atoms. The van der Waals surface area contributed by atoms with Gasteiger partial charge in [-0.1, -0.05) is 6.07 Å². The molecule has 3 rings (SSSR count). The van der Waals surface area contributed by atoms with E-state index in [1.54, 1.807) is 14.2 Å². The van der Waals surface area contributed by atoms with E-state index in [2.05, 4.69) is 16.4 Å². The number of hydrogen-bond acceptors (Lipinski definition) is 5. The Morgan fingerprint density at radius 2 is 2.05 bits per heavy atom. The molecule has 5 heteroatoms. The molecule has 0 fully saturated rings. The van der Waals surface area contributed by atoms with Gasteiger partial charge < -0.3 is 19.5 Å². The molecule has 0 radical (unpaired) electrons. The standard InChI is InChI=1S/C17H20N2O3/c1-20-16-4-3-12(7-17(16)21-2)9-18-14-8-13-11-22-6-5-15(13)19-10-14/h3-4,7-8,10,18H,5-6,9,11H2,1-2H3. The molecule has 2 heterocycles. The summed E-state index contributed by atoms with van der Waals surface area (Å²) in [5, 5.41) is 3.39. The monoisotopic (exact) mass is 300 g/mol. The second-order valence-electron chi connectivity index (χ2n) is 5.18. The number of anilines is 1. The summed E-state index contributed by atoms with van der Waals surface area (Å²) in [6.45, 7) is 2.11. The van der Waals surface area contributed by atoms with E-state index in [1.807, 2.05) is 24.4 Å². The fourth-order valence-electron chi connectivity index (χ4n) is 2.53. The van der Waals surface area contributed by atoms with Crippen molar-refractivity contribution in [2.45, 2.75) is 19.6 Å². The largest absolute Gasteiger partial charge is 0.493 e. The Morgan fingerprint density at radius 3 is 2.86 bits per heavy atom. The molecule has 0 unspecified atom stereocenters. The number of hydrogen-bond donors (Lipinski definition) is 1. The van der Waals surface area contributed by atoms with Gasteiger partial charge in [0.05, 0.1) is 39.3 Å². The van der Waals surface area contributed by atoms with Crippen molar-refractivity contribution in [2.24, 2.45) is 0 Å². The van der Waals surface area contributed by atoms with Gasteiger partial charge in [0.25, 0.3) is 0 Å². The molecule has 1 aliphatic rings. The first-order valence-corrected chi connectivity index (χ1v) is 7.30. The Kier molecular flexibility index (Phi) is 4.44.